The van der Waals surface area contributed by atoms with Crippen molar-refractivity contribution < 1.29 is 9.53 Å². The Morgan fingerprint density at radius 2 is 2.18 bits per heavy atom. The third-order valence-electron chi connectivity index (χ3n) is 4.64. The summed E-state index contributed by atoms with van der Waals surface area (Å²) < 4.78 is 7.62. The van der Waals surface area contributed by atoms with Crippen LogP contribution in [0.2, 0.25) is 0 Å². The molecule has 2 aliphatic rings. The second-order valence-corrected chi connectivity index (χ2v) is 6.60. The fourth-order valence-electron chi connectivity index (χ4n) is 3.35. The van der Waals surface area contributed by atoms with Crippen LogP contribution in [-0.4, -0.2) is 52.9 Å². The molecule has 0 aromatic carbocycles. The van der Waals surface area contributed by atoms with Crippen molar-refractivity contribution in [2.24, 2.45) is 7.05 Å². The molecule has 22 heavy (non-hydrogen) atoms. The Balaban J connectivity index is 1.66. The molecule has 1 saturated carbocycles. The predicted molar refractivity (Wildman–Crippen MR) is 83.9 cm³/mol. The van der Waals surface area contributed by atoms with E-state index in [-0.39, 0.29) is 18.1 Å². The Kier molecular flexibility index (Phi) is 4.23. The minimum absolute atomic E-state index is 0.0150. The maximum atomic E-state index is 12.5. The van der Waals surface area contributed by atoms with Crippen LogP contribution in [0.15, 0.2) is 0 Å². The lowest BCUT2D eigenvalue weighted by atomic mass is 9.99. The molecule has 2 heterocycles. The van der Waals surface area contributed by atoms with Gasteiger partial charge in [-0.15, -0.1) is 0 Å². The SMILES string of the molecule is C[C@@H]1Cc2c(C(=O)NCCN(C)C3CC3)nn(C)c2[C@H](C)O1. The van der Waals surface area contributed by atoms with Gasteiger partial charge >= 0.3 is 0 Å². The topological polar surface area (TPSA) is 59.4 Å². The molecule has 0 saturated heterocycles. The smallest absolute Gasteiger partial charge is 0.272 e. The summed E-state index contributed by atoms with van der Waals surface area (Å²) in [5.74, 6) is -0.0673. The van der Waals surface area contributed by atoms with E-state index in [0.29, 0.717) is 12.2 Å². The Labute approximate surface area is 131 Å². The van der Waals surface area contributed by atoms with Crippen molar-refractivity contribution in [1.29, 1.82) is 0 Å². The van der Waals surface area contributed by atoms with Crippen LogP contribution in [0, 0.1) is 0 Å². The monoisotopic (exact) mass is 306 g/mol. The summed E-state index contributed by atoms with van der Waals surface area (Å²) in [5, 5.41) is 7.44. The van der Waals surface area contributed by atoms with Crippen molar-refractivity contribution in [1.82, 2.24) is 20.0 Å². The zero-order valence-corrected chi connectivity index (χ0v) is 13.9. The first-order chi connectivity index (χ1) is 10.5. The molecule has 0 unspecified atom stereocenters. The van der Waals surface area contributed by atoms with Crippen molar-refractivity contribution in [2.75, 3.05) is 20.1 Å². The van der Waals surface area contributed by atoms with Gasteiger partial charge in [0, 0.05) is 38.2 Å². The highest BCUT2D eigenvalue weighted by Gasteiger charge is 2.31. The van der Waals surface area contributed by atoms with Gasteiger partial charge in [0.05, 0.1) is 17.9 Å². The second-order valence-electron chi connectivity index (χ2n) is 6.60. The van der Waals surface area contributed by atoms with E-state index in [1.807, 2.05) is 20.9 Å². The summed E-state index contributed by atoms with van der Waals surface area (Å²) in [6, 6.07) is 0.721. The Morgan fingerprint density at radius 1 is 1.45 bits per heavy atom. The largest absolute Gasteiger partial charge is 0.369 e. The summed E-state index contributed by atoms with van der Waals surface area (Å²) >= 11 is 0. The molecule has 1 aliphatic carbocycles. The number of hydrogen-bond acceptors (Lipinski definition) is 4. The zero-order valence-electron chi connectivity index (χ0n) is 13.9. The summed E-state index contributed by atoms with van der Waals surface area (Å²) in [7, 11) is 4.00. The minimum atomic E-state index is -0.0673. The Hall–Kier alpha value is -1.40. The van der Waals surface area contributed by atoms with Crippen LogP contribution in [0.3, 0.4) is 0 Å². The lowest BCUT2D eigenvalue weighted by Crippen LogP contribution is -2.34. The maximum Gasteiger partial charge on any atom is 0.272 e. The van der Waals surface area contributed by atoms with E-state index in [1.165, 1.54) is 12.8 Å². The number of ether oxygens (including phenoxy) is 1. The van der Waals surface area contributed by atoms with Gasteiger partial charge < -0.3 is 15.0 Å². The molecule has 0 bridgehead atoms. The number of aromatic nitrogens is 2. The van der Waals surface area contributed by atoms with Crippen molar-refractivity contribution in [3.63, 3.8) is 0 Å². The lowest BCUT2D eigenvalue weighted by Gasteiger charge is -2.26. The highest BCUT2D eigenvalue weighted by atomic mass is 16.5. The Bertz CT molecular complexity index is 565. The molecule has 3 rings (SSSR count). The molecule has 2 atom stereocenters. The predicted octanol–water partition coefficient (Wildman–Crippen LogP) is 1.27. The summed E-state index contributed by atoms with van der Waals surface area (Å²) in [6.45, 7) is 5.61. The molecule has 1 aromatic rings. The number of nitrogens with zero attached hydrogens (tertiary/aromatic N) is 3. The quantitative estimate of drug-likeness (QED) is 0.890. The first kappa shape index (κ1) is 15.5. The van der Waals surface area contributed by atoms with E-state index in [2.05, 4.69) is 22.4 Å². The van der Waals surface area contributed by atoms with Gasteiger partial charge in [-0.3, -0.25) is 9.48 Å². The summed E-state index contributed by atoms with van der Waals surface area (Å²) in [6.07, 6.45) is 3.43. The van der Waals surface area contributed by atoms with Crippen LogP contribution in [0.4, 0.5) is 0 Å². The van der Waals surface area contributed by atoms with E-state index in [0.717, 1.165) is 30.3 Å². The molecule has 0 spiro atoms. The molecule has 1 amide bonds. The number of amides is 1. The van der Waals surface area contributed by atoms with Crippen molar-refractivity contribution in [3.8, 4) is 0 Å². The fraction of sp³-hybridized carbons (Fsp3) is 0.750. The molecule has 1 aliphatic heterocycles. The lowest BCUT2D eigenvalue weighted by molar-refractivity contribution is -0.00902. The number of fused-ring (bicyclic) bond motifs is 1. The van der Waals surface area contributed by atoms with Crippen LogP contribution >= 0.6 is 0 Å². The van der Waals surface area contributed by atoms with Gasteiger partial charge in [0.2, 0.25) is 0 Å². The molecular formula is C16H26N4O2. The van der Waals surface area contributed by atoms with Gasteiger partial charge in [0.15, 0.2) is 5.69 Å². The van der Waals surface area contributed by atoms with Gasteiger partial charge in [-0.2, -0.15) is 5.10 Å². The highest BCUT2D eigenvalue weighted by molar-refractivity contribution is 5.94. The number of nitrogens with one attached hydrogen (secondary N) is 1. The summed E-state index contributed by atoms with van der Waals surface area (Å²) in [5.41, 5.74) is 2.63. The number of likely N-dealkylation sites (N-methyl/N-ethyl adjacent to an activating group) is 1. The fourth-order valence-corrected chi connectivity index (χ4v) is 3.35. The number of aryl methyl sites for hydroxylation is 1. The molecule has 6 nitrogen and oxygen atoms in total. The van der Waals surface area contributed by atoms with Crippen LogP contribution < -0.4 is 5.32 Å². The number of carbonyl (C=O) groups is 1. The van der Waals surface area contributed by atoms with E-state index in [1.54, 1.807) is 4.68 Å². The average Bonchev–Trinajstić information content (AvgIpc) is 3.23. The standard InChI is InChI=1S/C16H26N4O2/c1-10-9-13-14(18-20(4)15(13)11(2)22-10)16(21)17-7-8-19(3)12-5-6-12/h10-12H,5-9H2,1-4H3,(H,17,21)/t10-,11+/m1/s1. The normalized spacial score (nSPS) is 24.4. The summed E-state index contributed by atoms with van der Waals surface area (Å²) in [4.78, 5) is 14.8. The molecule has 0 radical (unpaired) electrons. The number of rotatable bonds is 5. The van der Waals surface area contributed by atoms with Crippen molar-refractivity contribution in [3.05, 3.63) is 17.0 Å². The van der Waals surface area contributed by atoms with Crippen molar-refractivity contribution >= 4 is 5.91 Å². The second kappa shape index (κ2) is 6.01. The van der Waals surface area contributed by atoms with E-state index in [4.69, 9.17) is 4.74 Å². The van der Waals surface area contributed by atoms with Crippen LogP contribution in [-0.2, 0) is 18.2 Å². The number of carbonyl (C=O) groups excluding carboxylic acids is 1. The van der Waals surface area contributed by atoms with Gasteiger partial charge in [0.25, 0.3) is 5.91 Å². The molecule has 1 fully saturated rings. The molecule has 122 valence electrons. The van der Waals surface area contributed by atoms with E-state index < -0.39 is 0 Å². The Morgan fingerprint density at radius 3 is 2.86 bits per heavy atom. The first-order valence-electron chi connectivity index (χ1n) is 8.17. The molecule has 1 N–H and O–H groups in total. The van der Waals surface area contributed by atoms with Gasteiger partial charge in [-0.25, -0.2) is 0 Å². The maximum absolute atomic E-state index is 12.5. The van der Waals surface area contributed by atoms with E-state index in [9.17, 15) is 4.79 Å². The van der Waals surface area contributed by atoms with Crippen LogP contribution in [0.1, 0.15) is 54.5 Å². The first-order valence-corrected chi connectivity index (χ1v) is 8.17. The molecular weight excluding hydrogens is 280 g/mol. The third-order valence-corrected chi connectivity index (χ3v) is 4.64. The minimum Gasteiger partial charge on any atom is -0.369 e. The van der Waals surface area contributed by atoms with E-state index >= 15 is 0 Å². The highest BCUT2D eigenvalue weighted by Crippen LogP contribution is 2.31. The van der Waals surface area contributed by atoms with Gasteiger partial charge in [-0.1, -0.05) is 0 Å². The average molecular weight is 306 g/mol. The molecule has 6 heteroatoms. The van der Waals surface area contributed by atoms with Gasteiger partial charge in [0.1, 0.15) is 0 Å². The molecule has 1 aromatic heterocycles. The zero-order chi connectivity index (χ0) is 15.9. The van der Waals surface area contributed by atoms with Crippen LogP contribution in [0.25, 0.3) is 0 Å². The van der Waals surface area contributed by atoms with Gasteiger partial charge in [-0.05, 0) is 33.7 Å². The van der Waals surface area contributed by atoms with Crippen LogP contribution in [0.5, 0.6) is 0 Å². The number of hydrogen-bond donors (Lipinski definition) is 1. The third kappa shape index (κ3) is 3.03. The van der Waals surface area contributed by atoms with Crippen molar-refractivity contribution in [2.45, 2.75) is 51.4 Å².